The molecule has 1 aromatic heterocycles. The third-order valence-corrected chi connectivity index (χ3v) is 10.1. The van der Waals surface area contributed by atoms with E-state index in [0.717, 1.165) is 54.6 Å². The molecule has 3 fully saturated rings. The molecule has 7 nitrogen and oxygen atoms in total. The van der Waals surface area contributed by atoms with E-state index in [4.69, 9.17) is 19.0 Å². The third kappa shape index (κ3) is 4.58. The molecule has 2 aliphatic carbocycles. The highest BCUT2D eigenvalue weighted by Gasteiger charge is 2.52. The number of likely N-dealkylation sites (tertiary alicyclic amines) is 1. The van der Waals surface area contributed by atoms with Crippen molar-refractivity contribution < 1.29 is 18.8 Å². The van der Waals surface area contributed by atoms with Gasteiger partial charge in [0, 0.05) is 6.04 Å². The van der Waals surface area contributed by atoms with Crippen LogP contribution < -0.4 is 5.46 Å². The molecule has 2 saturated heterocycles. The minimum Gasteiger partial charge on any atom is -0.444 e. The molecule has 42 heavy (non-hydrogen) atoms. The lowest BCUT2D eigenvalue weighted by molar-refractivity contribution is 0.00578. The van der Waals surface area contributed by atoms with Crippen LogP contribution in [0.15, 0.2) is 42.6 Å². The number of piperidine rings is 1. The average molecular weight is 568 g/mol. The van der Waals surface area contributed by atoms with Crippen molar-refractivity contribution in [3.05, 3.63) is 59.5 Å². The van der Waals surface area contributed by atoms with Gasteiger partial charge in [-0.2, -0.15) is 0 Å². The second-order valence-electron chi connectivity index (χ2n) is 14.6. The molecule has 2 aliphatic heterocycles. The van der Waals surface area contributed by atoms with Crippen LogP contribution in [0.25, 0.3) is 22.4 Å². The van der Waals surface area contributed by atoms with Gasteiger partial charge >= 0.3 is 13.2 Å². The van der Waals surface area contributed by atoms with Gasteiger partial charge in [-0.1, -0.05) is 30.3 Å². The van der Waals surface area contributed by atoms with Crippen molar-refractivity contribution in [2.45, 2.75) is 109 Å². The predicted octanol–water partition coefficient (Wildman–Crippen LogP) is 6.60. The molecule has 3 heterocycles. The van der Waals surface area contributed by atoms with Gasteiger partial charge in [0.15, 0.2) is 0 Å². The van der Waals surface area contributed by atoms with Crippen molar-refractivity contribution in [2.24, 2.45) is 5.92 Å². The highest BCUT2D eigenvalue weighted by atomic mass is 16.7. The minimum atomic E-state index is -0.521. The summed E-state index contributed by atoms with van der Waals surface area (Å²) in [5.74, 6) is 1.28. The summed E-state index contributed by atoms with van der Waals surface area (Å²) in [5, 5.41) is 0. The minimum absolute atomic E-state index is 0.0602. The molecule has 1 saturated carbocycles. The molecule has 4 aliphatic rings. The van der Waals surface area contributed by atoms with Crippen LogP contribution in [0.2, 0.25) is 0 Å². The first kappa shape index (κ1) is 27.7. The van der Waals surface area contributed by atoms with Crippen LogP contribution in [0, 0.1) is 5.92 Å². The Morgan fingerprint density at radius 1 is 1.00 bits per heavy atom. The second kappa shape index (κ2) is 9.45. The average Bonchev–Trinajstić information content (AvgIpc) is 3.70. The fourth-order valence-electron chi connectivity index (χ4n) is 7.26. The molecule has 2 aromatic carbocycles. The van der Waals surface area contributed by atoms with E-state index in [0.29, 0.717) is 5.92 Å². The number of carbonyl (C=O) groups excluding carboxylic acids is 1. The van der Waals surface area contributed by atoms with Gasteiger partial charge in [0.2, 0.25) is 0 Å². The van der Waals surface area contributed by atoms with Crippen molar-refractivity contribution in [1.82, 2.24) is 14.9 Å². The summed E-state index contributed by atoms with van der Waals surface area (Å²) >= 11 is 0. The summed E-state index contributed by atoms with van der Waals surface area (Å²) in [6.45, 7) is 14.1. The van der Waals surface area contributed by atoms with Gasteiger partial charge in [0.25, 0.3) is 0 Å². The molecule has 0 radical (unpaired) electrons. The SMILES string of the molecule is CC(C)(C)OC(=O)N1C(c2ncc(-c3ccc4c(c3)CCc3cc(B5OC(C)(C)C(C)(C)O5)ccc3-4)[nH]2)[C@H]2CC[C@@H]1C2. The van der Waals surface area contributed by atoms with E-state index in [2.05, 4.69) is 69.1 Å². The third-order valence-electron chi connectivity index (χ3n) is 10.1. The normalized spacial score (nSPS) is 25.5. The number of amides is 1. The van der Waals surface area contributed by atoms with Crippen molar-refractivity contribution in [2.75, 3.05) is 0 Å². The Hall–Kier alpha value is -3.10. The number of H-pyrrole nitrogens is 1. The number of fused-ring (bicyclic) bond motifs is 5. The zero-order chi connectivity index (χ0) is 29.6. The van der Waals surface area contributed by atoms with Crippen molar-refractivity contribution in [3.63, 3.8) is 0 Å². The van der Waals surface area contributed by atoms with Crippen molar-refractivity contribution in [3.8, 4) is 22.4 Å². The molecule has 2 bridgehead atoms. The number of aromatic nitrogens is 2. The largest absolute Gasteiger partial charge is 0.494 e. The maximum atomic E-state index is 13.2. The van der Waals surface area contributed by atoms with Gasteiger partial charge in [-0.3, -0.25) is 4.90 Å². The van der Waals surface area contributed by atoms with Crippen LogP contribution in [0.5, 0.6) is 0 Å². The maximum absolute atomic E-state index is 13.2. The Morgan fingerprint density at radius 2 is 1.67 bits per heavy atom. The van der Waals surface area contributed by atoms with Gasteiger partial charge in [-0.05, 0) is 126 Å². The molecule has 3 atom stereocenters. The van der Waals surface area contributed by atoms with E-state index in [1.165, 1.54) is 22.3 Å². The Kier molecular flexibility index (Phi) is 6.24. The molecule has 1 N–H and O–H groups in total. The maximum Gasteiger partial charge on any atom is 0.494 e. The number of nitrogens with zero attached hydrogens (tertiary/aromatic N) is 2. The fraction of sp³-hybridized carbons (Fsp3) is 0.529. The quantitative estimate of drug-likeness (QED) is 0.361. The van der Waals surface area contributed by atoms with Gasteiger partial charge < -0.3 is 19.0 Å². The Labute approximate surface area is 249 Å². The lowest BCUT2D eigenvalue weighted by Crippen LogP contribution is -2.43. The number of benzene rings is 2. The van der Waals surface area contributed by atoms with Gasteiger partial charge in [0.05, 0.1) is 29.1 Å². The van der Waals surface area contributed by atoms with E-state index in [9.17, 15) is 4.79 Å². The van der Waals surface area contributed by atoms with Crippen molar-refractivity contribution in [1.29, 1.82) is 0 Å². The number of hydrogen-bond donors (Lipinski definition) is 1. The van der Waals surface area contributed by atoms with Gasteiger partial charge in [0.1, 0.15) is 11.4 Å². The predicted molar refractivity (Wildman–Crippen MR) is 165 cm³/mol. The fourth-order valence-corrected chi connectivity index (χ4v) is 7.26. The van der Waals surface area contributed by atoms with Gasteiger partial charge in [-0.15, -0.1) is 0 Å². The molecular formula is C34H42BN3O4. The highest BCUT2D eigenvalue weighted by molar-refractivity contribution is 6.62. The topological polar surface area (TPSA) is 76.7 Å². The second-order valence-corrected chi connectivity index (χ2v) is 14.6. The molecule has 220 valence electrons. The number of rotatable bonds is 3. The first-order valence-electron chi connectivity index (χ1n) is 15.5. The number of imidazole rings is 1. The van der Waals surface area contributed by atoms with E-state index in [-0.39, 0.29) is 36.5 Å². The Balaban J connectivity index is 1.13. The number of nitrogens with one attached hydrogen (secondary N) is 1. The number of carbonyl (C=O) groups is 1. The van der Waals surface area contributed by atoms with Crippen LogP contribution in [0.3, 0.4) is 0 Å². The van der Waals surface area contributed by atoms with E-state index < -0.39 is 5.60 Å². The molecule has 3 aromatic rings. The van der Waals surface area contributed by atoms with E-state index in [1.54, 1.807) is 0 Å². The van der Waals surface area contributed by atoms with E-state index >= 15 is 0 Å². The Bertz CT molecular complexity index is 1540. The molecule has 1 amide bonds. The molecule has 1 unspecified atom stereocenters. The molecule has 8 heteroatoms. The lowest BCUT2D eigenvalue weighted by atomic mass is 9.75. The molecular weight excluding hydrogens is 525 g/mol. The zero-order valence-electron chi connectivity index (χ0n) is 25.9. The standard InChI is InChI=1S/C34H42BN3O4/c1-32(2,3)40-31(39)38-25-13-10-23(18-25)29(38)30-36-19-28(37-30)22-11-14-26-20(16-22)8-9-21-17-24(12-15-27(21)26)35-41-33(4,5)34(6,7)42-35/h11-12,14-17,19,23,25,29H,8-10,13,18H2,1-7H3,(H,36,37)/t23-,25+,29?/m0/s1. The molecule has 7 rings (SSSR count). The van der Waals surface area contributed by atoms with Crippen LogP contribution in [0.1, 0.15) is 90.7 Å². The summed E-state index contributed by atoms with van der Waals surface area (Å²) in [6.07, 6.45) is 6.83. The number of ether oxygens (including phenoxy) is 1. The van der Waals surface area contributed by atoms with Crippen LogP contribution >= 0.6 is 0 Å². The van der Waals surface area contributed by atoms with Crippen LogP contribution in [-0.2, 0) is 26.9 Å². The van der Waals surface area contributed by atoms with Crippen LogP contribution in [0.4, 0.5) is 4.79 Å². The first-order chi connectivity index (χ1) is 19.8. The highest BCUT2D eigenvalue weighted by Crippen LogP contribution is 2.50. The number of aryl methyl sites for hydroxylation is 2. The smallest absolute Gasteiger partial charge is 0.444 e. The van der Waals surface area contributed by atoms with Gasteiger partial charge in [-0.25, -0.2) is 9.78 Å². The summed E-state index contributed by atoms with van der Waals surface area (Å²) in [4.78, 5) is 23.5. The Morgan fingerprint density at radius 3 is 2.36 bits per heavy atom. The summed E-state index contributed by atoms with van der Waals surface area (Å²) in [7, 11) is -0.347. The zero-order valence-corrected chi connectivity index (χ0v) is 25.9. The summed E-state index contributed by atoms with van der Waals surface area (Å²) in [5.41, 5.74) is 7.21. The number of aromatic amines is 1. The molecule has 0 spiro atoms. The first-order valence-corrected chi connectivity index (χ1v) is 15.5. The van der Waals surface area contributed by atoms with Crippen molar-refractivity contribution >= 4 is 18.7 Å². The summed E-state index contributed by atoms with van der Waals surface area (Å²) in [6, 6.07) is 13.5. The number of hydrogen-bond acceptors (Lipinski definition) is 5. The lowest BCUT2D eigenvalue weighted by Gasteiger charge is -2.35. The monoisotopic (exact) mass is 567 g/mol. The van der Waals surface area contributed by atoms with E-state index in [1.807, 2.05) is 31.9 Å². The van der Waals surface area contributed by atoms with Crippen LogP contribution in [-0.4, -0.2) is 50.9 Å². The summed E-state index contributed by atoms with van der Waals surface area (Å²) < 4.78 is 18.4.